The third kappa shape index (κ3) is 2.82. The van der Waals surface area contributed by atoms with Crippen LogP contribution < -0.4 is 4.74 Å². The number of hydrogen-bond donors (Lipinski definition) is 0. The van der Waals surface area contributed by atoms with Crippen molar-refractivity contribution in [1.29, 1.82) is 0 Å². The highest BCUT2D eigenvalue weighted by Gasteiger charge is 2.07. The van der Waals surface area contributed by atoms with Gasteiger partial charge in [0.2, 0.25) is 0 Å². The van der Waals surface area contributed by atoms with E-state index in [1.54, 1.807) is 18.9 Å². The SMILES string of the molecule is COc1ccc(-n2ccnc2SC(C)C)cc1. The van der Waals surface area contributed by atoms with Crippen LogP contribution in [0.3, 0.4) is 0 Å². The van der Waals surface area contributed by atoms with Crippen LogP contribution in [0.15, 0.2) is 41.8 Å². The summed E-state index contributed by atoms with van der Waals surface area (Å²) in [5, 5.41) is 1.54. The van der Waals surface area contributed by atoms with Crippen molar-refractivity contribution in [3.05, 3.63) is 36.7 Å². The maximum absolute atomic E-state index is 5.15. The highest BCUT2D eigenvalue weighted by atomic mass is 32.2. The third-order valence-corrected chi connectivity index (χ3v) is 3.28. The van der Waals surface area contributed by atoms with Crippen molar-refractivity contribution >= 4 is 11.8 Å². The molecule has 0 spiro atoms. The van der Waals surface area contributed by atoms with E-state index in [1.165, 1.54) is 0 Å². The van der Waals surface area contributed by atoms with Crippen molar-refractivity contribution in [3.63, 3.8) is 0 Å². The average molecular weight is 248 g/mol. The van der Waals surface area contributed by atoms with Crippen molar-refractivity contribution in [2.24, 2.45) is 0 Å². The van der Waals surface area contributed by atoms with Crippen LogP contribution in [0.2, 0.25) is 0 Å². The minimum Gasteiger partial charge on any atom is -0.497 e. The molecule has 17 heavy (non-hydrogen) atoms. The first-order chi connectivity index (χ1) is 8.20. The molecule has 0 amide bonds. The van der Waals surface area contributed by atoms with Gasteiger partial charge in [-0.1, -0.05) is 25.6 Å². The average Bonchev–Trinajstić information content (AvgIpc) is 2.76. The third-order valence-electron chi connectivity index (χ3n) is 2.30. The molecule has 0 aliphatic rings. The predicted octanol–water partition coefficient (Wildman–Crippen LogP) is 3.38. The van der Waals surface area contributed by atoms with E-state index < -0.39 is 0 Å². The van der Waals surface area contributed by atoms with Crippen LogP contribution in [0.25, 0.3) is 5.69 Å². The molecule has 90 valence electrons. The van der Waals surface area contributed by atoms with E-state index in [9.17, 15) is 0 Å². The molecule has 0 fully saturated rings. The Labute approximate surface area is 106 Å². The second kappa shape index (κ2) is 5.27. The standard InChI is InChI=1S/C13H16N2OS/c1-10(2)17-13-14-8-9-15(13)11-4-6-12(16-3)7-5-11/h4-10H,1-3H3. The molecule has 0 bridgehead atoms. The molecule has 1 aromatic heterocycles. The van der Waals surface area contributed by atoms with Gasteiger partial charge in [-0.3, -0.25) is 4.57 Å². The number of hydrogen-bond acceptors (Lipinski definition) is 3. The Morgan fingerprint density at radius 3 is 2.53 bits per heavy atom. The lowest BCUT2D eigenvalue weighted by Crippen LogP contribution is -1.97. The largest absolute Gasteiger partial charge is 0.497 e. The van der Waals surface area contributed by atoms with Gasteiger partial charge in [-0.15, -0.1) is 0 Å². The van der Waals surface area contributed by atoms with Gasteiger partial charge in [-0.2, -0.15) is 0 Å². The smallest absolute Gasteiger partial charge is 0.172 e. The molecule has 0 N–H and O–H groups in total. The molecule has 2 aromatic rings. The second-order valence-corrected chi connectivity index (χ2v) is 5.49. The number of ether oxygens (including phenoxy) is 1. The minimum absolute atomic E-state index is 0.523. The summed E-state index contributed by atoms with van der Waals surface area (Å²) in [6.45, 7) is 4.33. The first-order valence-electron chi connectivity index (χ1n) is 5.55. The van der Waals surface area contributed by atoms with Gasteiger partial charge in [0.25, 0.3) is 0 Å². The molecule has 0 aliphatic heterocycles. The minimum atomic E-state index is 0.523. The molecule has 0 radical (unpaired) electrons. The van der Waals surface area contributed by atoms with Gasteiger partial charge < -0.3 is 4.74 Å². The zero-order valence-electron chi connectivity index (χ0n) is 10.3. The number of aromatic nitrogens is 2. The van der Waals surface area contributed by atoms with Crippen LogP contribution in [0, 0.1) is 0 Å². The van der Waals surface area contributed by atoms with Crippen LogP contribution in [0.1, 0.15) is 13.8 Å². The van der Waals surface area contributed by atoms with Gasteiger partial charge in [0, 0.05) is 23.3 Å². The highest BCUT2D eigenvalue weighted by molar-refractivity contribution is 7.99. The number of rotatable bonds is 4. The lowest BCUT2D eigenvalue weighted by Gasteiger charge is -2.09. The lowest BCUT2D eigenvalue weighted by molar-refractivity contribution is 0.414. The molecule has 3 nitrogen and oxygen atoms in total. The van der Waals surface area contributed by atoms with E-state index in [4.69, 9.17) is 4.74 Å². The Hall–Kier alpha value is -1.42. The van der Waals surface area contributed by atoms with Crippen molar-refractivity contribution in [2.75, 3.05) is 7.11 Å². The predicted molar refractivity (Wildman–Crippen MR) is 71.1 cm³/mol. The Kier molecular flexibility index (Phi) is 3.74. The fraction of sp³-hybridized carbons (Fsp3) is 0.308. The quantitative estimate of drug-likeness (QED) is 0.776. The fourth-order valence-corrected chi connectivity index (χ4v) is 2.35. The van der Waals surface area contributed by atoms with Gasteiger partial charge >= 0.3 is 0 Å². The Bertz CT molecular complexity index is 476. The summed E-state index contributed by atoms with van der Waals surface area (Å²) in [7, 11) is 1.67. The van der Waals surface area contributed by atoms with E-state index in [2.05, 4.69) is 23.4 Å². The van der Waals surface area contributed by atoms with E-state index in [1.807, 2.05) is 36.7 Å². The van der Waals surface area contributed by atoms with Gasteiger partial charge in [-0.05, 0) is 24.3 Å². The van der Waals surface area contributed by atoms with Crippen LogP contribution in [-0.4, -0.2) is 21.9 Å². The van der Waals surface area contributed by atoms with Gasteiger partial charge in [0.1, 0.15) is 5.75 Å². The van der Waals surface area contributed by atoms with E-state index in [0.717, 1.165) is 16.6 Å². The van der Waals surface area contributed by atoms with Crippen LogP contribution >= 0.6 is 11.8 Å². The van der Waals surface area contributed by atoms with Crippen LogP contribution in [0.5, 0.6) is 5.75 Å². The summed E-state index contributed by atoms with van der Waals surface area (Å²) in [5.41, 5.74) is 1.10. The molecular formula is C13H16N2OS. The summed E-state index contributed by atoms with van der Waals surface area (Å²) >= 11 is 1.76. The highest BCUT2D eigenvalue weighted by Crippen LogP contribution is 2.24. The van der Waals surface area contributed by atoms with Gasteiger partial charge in [0.05, 0.1) is 7.11 Å². The van der Waals surface area contributed by atoms with E-state index in [0.29, 0.717) is 5.25 Å². The maximum atomic E-state index is 5.15. The molecule has 0 atom stereocenters. The number of nitrogens with zero attached hydrogens (tertiary/aromatic N) is 2. The Morgan fingerprint density at radius 1 is 1.24 bits per heavy atom. The monoisotopic (exact) mass is 248 g/mol. The molecule has 0 unspecified atom stereocenters. The number of methoxy groups -OCH3 is 1. The summed E-state index contributed by atoms with van der Waals surface area (Å²) in [6.07, 6.45) is 3.81. The van der Waals surface area contributed by atoms with Gasteiger partial charge in [-0.25, -0.2) is 4.98 Å². The number of benzene rings is 1. The molecule has 0 aliphatic carbocycles. The summed E-state index contributed by atoms with van der Waals surface area (Å²) in [5.74, 6) is 0.868. The van der Waals surface area contributed by atoms with Crippen LogP contribution in [0.4, 0.5) is 0 Å². The Morgan fingerprint density at radius 2 is 1.94 bits per heavy atom. The topological polar surface area (TPSA) is 27.1 Å². The molecule has 4 heteroatoms. The zero-order chi connectivity index (χ0) is 12.3. The summed E-state index contributed by atoms with van der Waals surface area (Å²) in [4.78, 5) is 4.37. The first-order valence-corrected chi connectivity index (χ1v) is 6.43. The number of thioether (sulfide) groups is 1. The zero-order valence-corrected chi connectivity index (χ0v) is 11.1. The summed E-state index contributed by atoms with van der Waals surface area (Å²) in [6, 6.07) is 7.98. The molecule has 1 aromatic carbocycles. The lowest BCUT2D eigenvalue weighted by atomic mass is 10.3. The van der Waals surface area contributed by atoms with E-state index >= 15 is 0 Å². The van der Waals surface area contributed by atoms with Crippen molar-refractivity contribution in [3.8, 4) is 11.4 Å². The summed E-state index contributed by atoms with van der Waals surface area (Å²) < 4.78 is 7.24. The Balaban J connectivity index is 2.29. The van der Waals surface area contributed by atoms with Crippen molar-refractivity contribution in [1.82, 2.24) is 9.55 Å². The van der Waals surface area contributed by atoms with E-state index in [-0.39, 0.29) is 0 Å². The molecule has 0 saturated heterocycles. The maximum Gasteiger partial charge on any atom is 0.172 e. The second-order valence-electron chi connectivity index (χ2n) is 3.94. The molecule has 1 heterocycles. The molecule has 0 saturated carbocycles. The molecule has 2 rings (SSSR count). The van der Waals surface area contributed by atoms with Gasteiger partial charge in [0.15, 0.2) is 5.16 Å². The fourth-order valence-electron chi connectivity index (χ4n) is 1.53. The van der Waals surface area contributed by atoms with Crippen LogP contribution in [-0.2, 0) is 0 Å². The normalized spacial score (nSPS) is 10.8. The molecular weight excluding hydrogens is 232 g/mol. The first kappa shape index (κ1) is 12.0. The number of imidazole rings is 1. The van der Waals surface area contributed by atoms with Crippen molar-refractivity contribution in [2.45, 2.75) is 24.3 Å². The van der Waals surface area contributed by atoms with Crippen molar-refractivity contribution < 1.29 is 4.74 Å².